The summed E-state index contributed by atoms with van der Waals surface area (Å²) in [5.74, 6) is -1.07. The Labute approximate surface area is 108 Å². The first-order valence-electron chi connectivity index (χ1n) is 5.58. The molecular formula is C12H15BrO4. The summed E-state index contributed by atoms with van der Waals surface area (Å²) in [6.45, 7) is 5.38. The van der Waals surface area contributed by atoms with Crippen molar-refractivity contribution >= 4 is 27.9 Å². The molecule has 3 rings (SSSR count). The van der Waals surface area contributed by atoms with Crippen LogP contribution in [0.2, 0.25) is 0 Å². The van der Waals surface area contributed by atoms with Crippen LogP contribution in [-0.2, 0) is 19.1 Å². The Hall–Kier alpha value is -0.840. The molecule has 2 heterocycles. The monoisotopic (exact) mass is 302 g/mol. The first-order valence-corrected chi connectivity index (χ1v) is 6.37. The molecule has 3 aliphatic rings. The smallest absolute Gasteiger partial charge is 0.317 e. The highest BCUT2D eigenvalue weighted by molar-refractivity contribution is 9.11. The zero-order chi connectivity index (χ0) is 12.8. The molecule has 0 unspecified atom stereocenters. The zero-order valence-electron chi connectivity index (χ0n) is 10.0. The van der Waals surface area contributed by atoms with Gasteiger partial charge in [-0.05, 0) is 20.8 Å². The molecule has 17 heavy (non-hydrogen) atoms. The standard InChI is InChI=1S/C12H15BrO4/c1-12(2,3)11(15)17-8-5-9-7(13)4-6(8)10(14)16-9/h4,6,8-9H,5H2,1-3H3/t6-,8+,9-/m0/s1. The first kappa shape index (κ1) is 12.6. The molecule has 0 aromatic rings. The number of fused-ring (bicyclic) bond motifs is 2. The van der Waals surface area contributed by atoms with Crippen molar-refractivity contribution in [1.82, 2.24) is 0 Å². The Bertz CT molecular complexity index is 394. The van der Waals surface area contributed by atoms with Gasteiger partial charge in [-0.3, -0.25) is 9.59 Å². The van der Waals surface area contributed by atoms with Crippen LogP contribution >= 0.6 is 15.9 Å². The highest BCUT2D eigenvalue weighted by Crippen LogP contribution is 2.38. The van der Waals surface area contributed by atoms with Crippen LogP contribution < -0.4 is 0 Å². The fourth-order valence-electron chi connectivity index (χ4n) is 1.84. The van der Waals surface area contributed by atoms with Gasteiger partial charge in [0.25, 0.3) is 0 Å². The maximum atomic E-state index is 11.8. The van der Waals surface area contributed by atoms with Crippen LogP contribution in [0.25, 0.3) is 0 Å². The molecule has 2 aliphatic heterocycles. The fraction of sp³-hybridized carbons (Fsp3) is 0.667. The van der Waals surface area contributed by atoms with Crippen molar-refractivity contribution in [2.45, 2.75) is 39.4 Å². The predicted molar refractivity (Wildman–Crippen MR) is 64.3 cm³/mol. The molecule has 3 atom stereocenters. The van der Waals surface area contributed by atoms with Crippen molar-refractivity contribution in [1.29, 1.82) is 0 Å². The van der Waals surface area contributed by atoms with Crippen LogP contribution in [0.1, 0.15) is 27.2 Å². The van der Waals surface area contributed by atoms with Gasteiger partial charge in [0.15, 0.2) is 0 Å². The number of carbonyl (C=O) groups is 2. The lowest BCUT2D eigenvalue weighted by molar-refractivity contribution is -0.179. The molecular weight excluding hydrogens is 288 g/mol. The SMILES string of the molecule is CC(C)(C)C(=O)O[C@@H]1C[C@@H]2OC(=O)[C@H]1C=C2Br. The Morgan fingerprint density at radius 1 is 1.53 bits per heavy atom. The lowest BCUT2D eigenvalue weighted by Gasteiger charge is -2.38. The van der Waals surface area contributed by atoms with Crippen molar-refractivity contribution in [2.24, 2.45) is 11.3 Å². The second-order valence-corrected chi connectivity index (χ2v) is 6.35. The summed E-state index contributed by atoms with van der Waals surface area (Å²) in [6, 6.07) is 0. The summed E-state index contributed by atoms with van der Waals surface area (Å²) >= 11 is 3.35. The van der Waals surface area contributed by atoms with Crippen LogP contribution in [0.3, 0.4) is 0 Å². The van der Waals surface area contributed by atoms with Crippen LogP contribution in [0.4, 0.5) is 0 Å². The number of hydrogen-bond acceptors (Lipinski definition) is 4. The Morgan fingerprint density at radius 2 is 2.18 bits per heavy atom. The van der Waals surface area contributed by atoms with E-state index >= 15 is 0 Å². The average molecular weight is 303 g/mol. The maximum Gasteiger partial charge on any atom is 0.317 e. The van der Waals surface area contributed by atoms with Gasteiger partial charge in [0.2, 0.25) is 0 Å². The maximum absolute atomic E-state index is 11.8. The van der Waals surface area contributed by atoms with Crippen LogP contribution in [-0.4, -0.2) is 24.1 Å². The minimum Gasteiger partial charge on any atom is -0.461 e. The molecule has 0 saturated carbocycles. The quantitative estimate of drug-likeness (QED) is 0.697. The average Bonchev–Trinajstić information content (AvgIpc) is 2.19. The van der Waals surface area contributed by atoms with E-state index in [1.54, 1.807) is 26.8 Å². The minimum atomic E-state index is -0.554. The fourth-order valence-corrected chi connectivity index (χ4v) is 2.40. The number of halogens is 1. The van der Waals surface area contributed by atoms with Gasteiger partial charge in [-0.15, -0.1) is 0 Å². The molecule has 1 aliphatic carbocycles. The van der Waals surface area contributed by atoms with Crippen molar-refractivity contribution in [3.8, 4) is 0 Å². The molecule has 0 amide bonds. The Morgan fingerprint density at radius 3 is 2.71 bits per heavy atom. The Kier molecular flexibility index (Phi) is 3.06. The van der Waals surface area contributed by atoms with E-state index in [0.29, 0.717) is 6.42 Å². The number of esters is 2. The van der Waals surface area contributed by atoms with E-state index < -0.39 is 17.4 Å². The molecule has 1 saturated heterocycles. The second kappa shape index (κ2) is 4.12. The van der Waals surface area contributed by atoms with Gasteiger partial charge in [0.05, 0.1) is 5.41 Å². The Balaban J connectivity index is 2.11. The van der Waals surface area contributed by atoms with Crippen molar-refractivity contribution in [3.63, 3.8) is 0 Å². The number of ether oxygens (including phenoxy) is 2. The normalized spacial score (nSPS) is 31.9. The summed E-state index contributed by atoms with van der Waals surface area (Å²) in [5, 5.41) is 0. The number of carbonyl (C=O) groups excluding carboxylic acids is 2. The zero-order valence-corrected chi connectivity index (χ0v) is 11.6. The molecule has 0 N–H and O–H groups in total. The van der Waals surface area contributed by atoms with E-state index in [1.165, 1.54) is 0 Å². The van der Waals surface area contributed by atoms with E-state index in [-0.39, 0.29) is 18.0 Å². The van der Waals surface area contributed by atoms with Gasteiger partial charge in [-0.25, -0.2) is 0 Å². The van der Waals surface area contributed by atoms with Gasteiger partial charge in [0, 0.05) is 10.9 Å². The van der Waals surface area contributed by atoms with E-state index in [2.05, 4.69) is 15.9 Å². The van der Waals surface area contributed by atoms with Crippen molar-refractivity contribution < 1.29 is 19.1 Å². The lowest BCUT2D eigenvalue weighted by atomic mass is 9.87. The number of hydrogen-bond donors (Lipinski definition) is 0. The van der Waals surface area contributed by atoms with Gasteiger partial charge in [-0.2, -0.15) is 0 Å². The predicted octanol–water partition coefficient (Wildman–Crippen LogP) is 2.17. The molecule has 94 valence electrons. The van der Waals surface area contributed by atoms with Gasteiger partial charge in [-0.1, -0.05) is 22.0 Å². The summed E-state index contributed by atoms with van der Waals surface area (Å²) < 4.78 is 11.4. The number of rotatable bonds is 1. The van der Waals surface area contributed by atoms with Gasteiger partial charge in [0.1, 0.15) is 18.1 Å². The molecule has 1 fully saturated rings. The van der Waals surface area contributed by atoms with Crippen molar-refractivity contribution in [3.05, 3.63) is 10.6 Å². The van der Waals surface area contributed by atoms with Crippen LogP contribution in [0, 0.1) is 11.3 Å². The van der Waals surface area contributed by atoms with Crippen LogP contribution in [0.5, 0.6) is 0 Å². The van der Waals surface area contributed by atoms with E-state index in [1.807, 2.05) is 0 Å². The molecule has 2 bridgehead atoms. The summed E-state index contributed by atoms with van der Waals surface area (Å²) in [7, 11) is 0. The molecule has 0 radical (unpaired) electrons. The first-order chi connectivity index (χ1) is 7.79. The molecule has 4 nitrogen and oxygen atoms in total. The van der Waals surface area contributed by atoms with E-state index in [4.69, 9.17) is 9.47 Å². The summed E-state index contributed by atoms with van der Waals surface area (Å²) in [5.41, 5.74) is -0.554. The van der Waals surface area contributed by atoms with Gasteiger partial charge < -0.3 is 9.47 Å². The highest BCUT2D eigenvalue weighted by Gasteiger charge is 2.45. The molecule has 5 heteroatoms. The third-order valence-corrected chi connectivity index (χ3v) is 3.67. The van der Waals surface area contributed by atoms with E-state index in [0.717, 1.165) is 4.48 Å². The highest BCUT2D eigenvalue weighted by atomic mass is 79.9. The molecule has 0 aromatic heterocycles. The third kappa shape index (κ3) is 2.39. The second-order valence-electron chi connectivity index (χ2n) is 5.43. The lowest BCUT2D eigenvalue weighted by Crippen LogP contribution is -2.47. The van der Waals surface area contributed by atoms with Crippen molar-refractivity contribution in [2.75, 3.05) is 0 Å². The summed E-state index contributed by atoms with van der Waals surface area (Å²) in [4.78, 5) is 23.4. The topological polar surface area (TPSA) is 52.6 Å². The largest absolute Gasteiger partial charge is 0.461 e. The molecule has 0 aromatic carbocycles. The summed E-state index contributed by atoms with van der Waals surface area (Å²) in [6.07, 6.45) is 1.62. The van der Waals surface area contributed by atoms with E-state index in [9.17, 15) is 9.59 Å². The van der Waals surface area contributed by atoms with Gasteiger partial charge >= 0.3 is 11.9 Å². The minimum absolute atomic E-state index is 0.285. The van der Waals surface area contributed by atoms with Crippen LogP contribution in [0.15, 0.2) is 10.6 Å². The molecule has 0 spiro atoms. The third-order valence-electron chi connectivity index (χ3n) is 2.89.